The van der Waals surface area contributed by atoms with Crippen molar-refractivity contribution in [2.24, 2.45) is 10.9 Å². The highest BCUT2D eigenvalue weighted by Crippen LogP contribution is 2.23. The van der Waals surface area contributed by atoms with E-state index in [9.17, 15) is 0 Å². The first-order valence-corrected chi connectivity index (χ1v) is 8.85. The van der Waals surface area contributed by atoms with E-state index in [4.69, 9.17) is 4.74 Å². The van der Waals surface area contributed by atoms with Crippen molar-refractivity contribution in [3.05, 3.63) is 0 Å². The molecule has 2 saturated heterocycles. The van der Waals surface area contributed by atoms with Gasteiger partial charge in [0.15, 0.2) is 5.96 Å². The second kappa shape index (κ2) is 8.16. The number of ether oxygens (including phenoxy) is 1. The van der Waals surface area contributed by atoms with E-state index < -0.39 is 0 Å². The summed E-state index contributed by atoms with van der Waals surface area (Å²) in [5.74, 6) is 1.63. The molecule has 0 bridgehead atoms. The highest BCUT2D eigenvalue weighted by Gasteiger charge is 2.30. The minimum absolute atomic E-state index is 0.0331. The lowest BCUT2D eigenvalue weighted by Crippen LogP contribution is -2.49. The summed E-state index contributed by atoms with van der Waals surface area (Å²) in [5, 5.41) is 6.92. The summed E-state index contributed by atoms with van der Waals surface area (Å²) in [5.41, 5.74) is -0.0331. The third-order valence-corrected chi connectivity index (χ3v) is 4.76. The third-order valence-electron chi connectivity index (χ3n) is 4.76. The molecule has 0 aromatic carbocycles. The van der Waals surface area contributed by atoms with Gasteiger partial charge in [0.25, 0.3) is 0 Å². The molecule has 5 nitrogen and oxygen atoms in total. The minimum Gasteiger partial charge on any atom is -0.373 e. The zero-order valence-corrected chi connectivity index (χ0v) is 14.8. The summed E-state index contributed by atoms with van der Waals surface area (Å²) >= 11 is 0. The summed E-state index contributed by atoms with van der Waals surface area (Å²) in [6.07, 6.45) is 4.90. The molecule has 2 aliphatic rings. The standard InChI is InChI=1S/C17H34N4O/c1-14(2)12-21-9-5-7-15(21)11-19-16(18-4)20-13-17(3)8-6-10-22-17/h14-15H,5-13H2,1-4H3,(H2,18,19,20)/t15-,17?/m1/s1. The van der Waals surface area contributed by atoms with Crippen molar-refractivity contribution in [1.29, 1.82) is 0 Å². The molecule has 0 aliphatic carbocycles. The zero-order valence-electron chi connectivity index (χ0n) is 14.8. The highest BCUT2D eigenvalue weighted by atomic mass is 16.5. The van der Waals surface area contributed by atoms with Crippen LogP contribution in [0.4, 0.5) is 0 Å². The Bertz CT molecular complexity index is 364. The molecule has 0 aromatic rings. The lowest BCUT2D eigenvalue weighted by atomic mass is 10.0. The number of rotatable bonds is 6. The van der Waals surface area contributed by atoms with E-state index in [1.807, 2.05) is 7.05 Å². The summed E-state index contributed by atoms with van der Waals surface area (Å²) in [7, 11) is 1.84. The van der Waals surface area contributed by atoms with Crippen LogP contribution < -0.4 is 10.6 Å². The zero-order chi connectivity index (χ0) is 16.0. The predicted molar refractivity (Wildman–Crippen MR) is 92.4 cm³/mol. The maximum absolute atomic E-state index is 5.82. The van der Waals surface area contributed by atoms with Crippen LogP contribution in [-0.2, 0) is 4.74 Å². The van der Waals surface area contributed by atoms with Crippen molar-refractivity contribution in [3.8, 4) is 0 Å². The maximum Gasteiger partial charge on any atom is 0.191 e. The summed E-state index contributed by atoms with van der Waals surface area (Å²) in [4.78, 5) is 6.96. The Hall–Kier alpha value is -0.810. The molecule has 2 fully saturated rings. The second-order valence-corrected chi connectivity index (χ2v) is 7.39. The summed E-state index contributed by atoms with van der Waals surface area (Å²) in [6, 6.07) is 0.638. The van der Waals surface area contributed by atoms with Gasteiger partial charge in [-0.15, -0.1) is 0 Å². The third kappa shape index (κ3) is 5.13. The average Bonchev–Trinajstić information content (AvgIpc) is 3.08. The molecule has 2 N–H and O–H groups in total. The molecule has 128 valence electrons. The lowest BCUT2D eigenvalue weighted by Gasteiger charge is -2.28. The van der Waals surface area contributed by atoms with Gasteiger partial charge < -0.3 is 15.4 Å². The monoisotopic (exact) mass is 310 g/mol. The van der Waals surface area contributed by atoms with Crippen molar-refractivity contribution in [1.82, 2.24) is 15.5 Å². The number of hydrogen-bond donors (Lipinski definition) is 2. The van der Waals surface area contributed by atoms with E-state index >= 15 is 0 Å². The Morgan fingerprint density at radius 3 is 2.82 bits per heavy atom. The molecule has 2 atom stereocenters. The van der Waals surface area contributed by atoms with Gasteiger partial charge >= 0.3 is 0 Å². The first kappa shape index (κ1) is 17.5. The van der Waals surface area contributed by atoms with Gasteiger partial charge in [-0.1, -0.05) is 13.8 Å². The number of aliphatic imine (C=N–C) groups is 1. The van der Waals surface area contributed by atoms with Gasteiger partial charge in [-0.3, -0.25) is 9.89 Å². The van der Waals surface area contributed by atoms with Crippen molar-refractivity contribution < 1.29 is 4.74 Å². The van der Waals surface area contributed by atoms with Crippen molar-refractivity contribution in [3.63, 3.8) is 0 Å². The van der Waals surface area contributed by atoms with Gasteiger partial charge in [-0.2, -0.15) is 0 Å². The second-order valence-electron chi connectivity index (χ2n) is 7.39. The molecule has 2 rings (SSSR count). The van der Waals surface area contributed by atoms with Gasteiger partial charge in [-0.05, 0) is 45.1 Å². The van der Waals surface area contributed by atoms with Gasteiger partial charge in [-0.25, -0.2) is 0 Å². The Morgan fingerprint density at radius 1 is 1.36 bits per heavy atom. The van der Waals surface area contributed by atoms with Gasteiger partial charge in [0, 0.05) is 39.3 Å². The quantitative estimate of drug-likeness (QED) is 0.580. The van der Waals surface area contributed by atoms with Crippen LogP contribution in [0, 0.1) is 5.92 Å². The fraction of sp³-hybridized carbons (Fsp3) is 0.941. The molecule has 22 heavy (non-hydrogen) atoms. The molecule has 2 heterocycles. The molecule has 0 saturated carbocycles. The van der Waals surface area contributed by atoms with Crippen LogP contribution >= 0.6 is 0 Å². The molecule has 5 heteroatoms. The van der Waals surface area contributed by atoms with Crippen LogP contribution in [0.1, 0.15) is 46.5 Å². The van der Waals surface area contributed by atoms with Crippen LogP contribution in [0.5, 0.6) is 0 Å². The summed E-state index contributed by atoms with van der Waals surface area (Å²) < 4.78 is 5.82. The Kier molecular flexibility index (Phi) is 6.50. The fourth-order valence-electron chi connectivity index (χ4n) is 3.52. The fourth-order valence-corrected chi connectivity index (χ4v) is 3.52. The van der Waals surface area contributed by atoms with Crippen molar-refractivity contribution >= 4 is 5.96 Å². The van der Waals surface area contributed by atoms with E-state index in [-0.39, 0.29) is 5.60 Å². The van der Waals surface area contributed by atoms with Crippen molar-refractivity contribution in [2.45, 2.75) is 58.1 Å². The van der Waals surface area contributed by atoms with Gasteiger partial charge in [0.05, 0.1) is 5.60 Å². The van der Waals surface area contributed by atoms with Gasteiger partial charge in [0.2, 0.25) is 0 Å². The number of hydrogen-bond acceptors (Lipinski definition) is 3. The van der Waals surface area contributed by atoms with E-state index in [0.29, 0.717) is 6.04 Å². The SMILES string of the molecule is CN=C(NC[C@H]1CCCN1CC(C)C)NCC1(C)CCCO1. The van der Waals surface area contributed by atoms with Gasteiger partial charge in [0.1, 0.15) is 0 Å². The molecular weight excluding hydrogens is 276 g/mol. The largest absolute Gasteiger partial charge is 0.373 e. The Labute approximate surface area is 135 Å². The number of nitrogens with zero attached hydrogens (tertiary/aromatic N) is 2. The Morgan fingerprint density at radius 2 is 2.18 bits per heavy atom. The molecular formula is C17H34N4O. The predicted octanol–water partition coefficient (Wildman–Crippen LogP) is 1.84. The smallest absolute Gasteiger partial charge is 0.191 e. The molecule has 0 spiro atoms. The molecule has 2 aliphatic heterocycles. The summed E-state index contributed by atoms with van der Waals surface area (Å²) in [6.45, 7) is 11.9. The number of likely N-dealkylation sites (tertiary alicyclic amines) is 1. The molecule has 1 unspecified atom stereocenters. The molecule has 0 amide bonds. The minimum atomic E-state index is -0.0331. The first-order chi connectivity index (χ1) is 10.5. The van der Waals surface area contributed by atoms with E-state index in [0.717, 1.165) is 44.4 Å². The van der Waals surface area contributed by atoms with E-state index in [1.54, 1.807) is 0 Å². The average molecular weight is 310 g/mol. The van der Waals surface area contributed by atoms with Crippen molar-refractivity contribution in [2.75, 3.05) is 39.8 Å². The van der Waals surface area contributed by atoms with Crippen LogP contribution in [0.2, 0.25) is 0 Å². The van der Waals surface area contributed by atoms with Crippen LogP contribution in [0.3, 0.4) is 0 Å². The first-order valence-electron chi connectivity index (χ1n) is 8.85. The molecule has 0 aromatic heterocycles. The maximum atomic E-state index is 5.82. The Balaban J connectivity index is 1.73. The molecule has 0 radical (unpaired) electrons. The number of guanidine groups is 1. The lowest BCUT2D eigenvalue weighted by molar-refractivity contribution is 0.0242. The highest BCUT2D eigenvalue weighted by molar-refractivity contribution is 5.79. The number of nitrogens with one attached hydrogen (secondary N) is 2. The van der Waals surface area contributed by atoms with Crippen LogP contribution in [-0.4, -0.2) is 62.3 Å². The van der Waals surface area contributed by atoms with E-state index in [2.05, 4.69) is 41.3 Å². The van der Waals surface area contributed by atoms with Crippen LogP contribution in [0.25, 0.3) is 0 Å². The topological polar surface area (TPSA) is 48.9 Å². The van der Waals surface area contributed by atoms with Crippen LogP contribution in [0.15, 0.2) is 4.99 Å². The van der Waals surface area contributed by atoms with E-state index in [1.165, 1.54) is 25.9 Å². The normalized spacial score (nSPS) is 30.2.